The number of carbonyl (C=O) groups excluding carboxylic acids is 1. The van der Waals surface area contributed by atoms with Crippen LogP contribution in [0.3, 0.4) is 0 Å². The van der Waals surface area contributed by atoms with E-state index in [0.717, 1.165) is 6.42 Å². The Labute approximate surface area is 90.3 Å². The van der Waals surface area contributed by atoms with E-state index in [0.29, 0.717) is 37.5 Å². The Hall–Kier alpha value is -0.610. The van der Waals surface area contributed by atoms with E-state index in [-0.39, 0.29) is 12.2 Å². The van der Waals surface area contributed by atoms with Gasteiger partial charge < -0.3 is 14.8 Å². The van der Waals surface area contributed by atoms with Crippen LogP contribution in [-0.2, 0) is 14.3 Å². The van der Waals surface area contributed by atoms with Crippen molar-refractivity contribution in [2.75, 3.05) is 13.2 Å². The minimum atomic E-state index is -0.0743. The Morgan fingerprint density at radius 1 is 1.47 bits per heavy atom. The lowest BCUT2D eigenvalue weighted by atomic mass is 9.93. The van der Waals surface area contributed by atoms with Gasteiger partial charge in [-0.1, -0.05) is 13.8 Å². The number of ether oxygens (including phenoxy) is 2. The first-order valence-corrected chi connectivity index (χ1v) is 5.69. The molecule has 0 spiro atoms. The van der Waals surface area contributed by atoms with Crippen molar-refractivity contribution in [2.45, 2.75) is 39.0 Å². The van der Waals surface area contributed by atoms with E-state index in [1.807, 2.05) is 0 Å². The molecule has 0 aromatic heterocycles. The summed E-state index contributed by atoms with van der Waals surface area (Å²) in [5, 5.41) is 3.01. The molecule has 86 valence electrons. The fourth-order valence-electron chi connectivity index (χ4n) is 2.35. The first-order chi connectivity index (χ1) is 7.16. The van der Waals surface area contributed by atoms with Crippen molar-refractivity contribution in [3.63, 3.8) is 0 Å². The Kier molecular flexibility index (Phi) is 3.26. The second-order valence-corrected chi connectivity index (χ2v) is 4.68. The second-order valence-electron chi connectivity index (χ2n) is 4.68. The molecule has 2 heterocycles. The van der Waals surface area contributed by atoms with Gasteiger partial charge in [0.2, 0.25) is 5.91 Å². The molecule has 2 aliphatic heterocycles. The molecular formula is C11H19NO3. The highest BCUT2D eigenvalue weighted by atomic mass is 16.7. The van der Waals surface area contributed by atoms with Gasteiger partial charge in [0.05, 0.1) is 13.2 Å². The molecule has 4 nitrogen and oxygen atoms in total. The molecule has 1 amide bonds. The van der Waals surface area contributed by atoms with Gasteiger partial charge in [-0.3, -0.25) is 4.79 Å². The van der Waals surface area contributed by atoms with Crippen LogP contribution in [0.25, 0.3) is 0 Å². The summed E-state index contributed by atoms with van der Waals surface area (Å²) in [4.78, 5) is 11.2. The van der Waals surface area contributed by atoms with Crippen LogP contribution in [0.4, 0.5) is 0 Å². The molecule has 2 rings (SSSR count). The van der Waals surface area contributed by atoms with Gasteiger partial charge in [0, 0.05) is 18.4 Å². The van der Waals surface area contributed by atoms with E-state index in [4.69, 9.17) is 9.47 Å². The molecule has 2 fully saturated rings. The third-order valence-corrected chi connectivity index (χ3v) is 3.28. The van der Waals surface area contributed by atoms with Gasteiger partial charge in [0.15, 0.2) is 6.29 Å². The standard InChI is InChI=1S/C11H19NO3/c1-7-6-10(13)12-9(7)5-8(2)11-14-3-4-15-11/h7-9,11H,3-6H2,1-2H3,(H,12,13). The largest absolute Gasteiger partial charge is 0.353 e. The van der Waals surface area contributed by atoms with Gasteiger partial charge in [-0.25, -0.2) is 0 Å². The fourth-order valence-corrected chi connectivity index (χ4v) is 2.35. The predicted molar refractivity (Wildman–Crippen MR) is 55.2 cm³/mol. The van der Waals surface area contributed by atoms with E-state index < -0.39 is 0 Å². The molecule has 2 aliphatic rings. The van der Waals surface area contributed by atoms with E-state index >= 15 is 0 Å². The molecule has 0 radical (unpaired) electrons. The smallest absolute Gasteiger partial charge is 0.220 e. The maximum Gasteiger partial charge on any atom is 0.220 e. The topological polar surface area (TPSA) is 47.6 Å². The zero-order valence-corrected chi connectivity index (χ0v) is 9.36. The molecule has 1 N–H and O–H groups in total. The Morgan fingerprint density at radius 3 is 2.67 bits per heavy atom. The zero-order valence-electron chi connectivity index (χ0n) is 9.36. The summed E-state index contributed by atoms with van der Waals surface area (Å²) in [6.07, 6.45) is 1.52. The molecule has 4 heteroatoms. The molecular weight excluding hydrogens is 194 g/mol. The number of hydrogen-bond acceptors (Lipinski definition) is 3. The monoisotopic (exact) mass is 213 g/mol. The molecule has 0 aliphatic carbocycles. The highest BCUT2D eigenvalue weighted by Gasteiger charge is 2.33. The first kappa shape index (κ1) is 10.9. The second kappa shape index (κ2) is 4.49. The van der Waals surface area contributed by atoms with Crippen molar-refractivity contribution < 1.29 is 14.3 Å². The maximum atomic E-state index is 11.2. The summed E-state index contributed by atoms with van der Waals surface area (Å²) in [7, 11) is 0. The maximum absolute atomic E-state index is 11.2. The zero-order chi connectivity index (χ0) is 10.8. The van der Waals surface area contributed by atoms with Crippen LogP contribution in [0.15, 0.2) is 0 Å². The minimum absolute atomic E-state index is 0.0743. The number of hydrogen-bond donors (Lipinski definition) is 1. The summed E-state index contributed by atoms with van der Waals surface area (Å²) < 4.78 is 10.9. The van der Waals surface area contributed by atoms with Crippen molar-refractivity contribution in [2.24, 2.45) is 11.8 Å². The summed E-state index contributed by atoms with van der Waals surface area (Å²) in [5.41, 5.74) is 0. The fraction of sp³-hybridized carbons (Fsp3) is 0.909. The number of rotatable bonds is 3. The van der Waals surface area contributed by atoms with E-state index in [2.05, 4.69) is 19.2 Å². The lowest BCUT2D eigenvalue weighted by Crippen LogP contribution is -2.33. The number of nitrogens with one attached hydrogen (secondary N) is 1. The number of carbonyl (C=O) groups is 1. The summed E-state index contributed by atoms with van der Waals surface area (Å²) in [6.45, 7) is 5.63. The van der Waals surface area contributed by atoms with Gasteiger partial charge in [0.25, 0.3) is 0 Å². The molecule has 3 unspecified atom stereocenters. The van der Waals surface area contributed by atoms with Crippen LogP contribution < -0.4 is 5.32 Å². The highest BCUT2D eigenvalue weighted by Crippen LogP contribution is 2.25. The molecule has 0 bridgehead atoms. The quantitative estimate of drug-likeness (QED) is 0.758. The average molecular weight is 213 g/mol. The lowest BCUT2D eigenvalue weighted by Gasteiger charge is -2.23. The lowest BCUT2D eigenvalue weighted by molar-refractivity contribution is -0.119. The Morgan fingerprint density at radius 2 is 2.13 bits per heavy atom. The van der Waals surface area contributed by atoms with Crippen LogP contribution in [0.1, 0.15) is 26.7 Å². The molecule has 0 aromatic carbocycles. The van der Waals surface area contributed by atoms with Crippen molar-refractivity contribution >= 4 is 5.91 Å². The molecule has 0 saturated carbocycles. The predicted octanol–water partition coefficient (Wildman–Crippen LogP) is 0.910. The van der Waals surface area contributed by atoms with Crippen molar-refractivity contribution in [3.05, 3.63) is 0 Å². The van der Waals surface area contributed by atoms with E-state index in [1.165, 1.54) is 0 Å². The van der Waals surface area contributed by atoms with E-state index in [9.17, 15) is 4.79 Å². The van der Waals surface area contributed by atoms with Crippen LogP contribution in [-0.4, -0.2) is 31.5 Å². The van der Waals surface area contributed by atoms with Gasteiger partial charge in [0.1, 0.15) is 0 Å². The Balaban J connectivity index is 1.82. The van der Waals surface area contributed by atoms with Gasteiger partial charge in [-0.2, -0.15) is 0 Å². The Bertz CT molecular complexity index is 238. The van der Waals surface area contributed by atoms with Gasteiger partial charge in [-0.05, 0) is 12.3 Å². The number of amides is 1. The molecule has 0 aromatic rings. The van der Waals surface area contributed by atoms with E-state index in [1.54, 1.807) is 0 Å². The summed E-state index contributed by atoms with van der Waals surface area (Å²) in [5.74, 6) is 0.952. The molecule has 3 atom stereocenters. The van der Waals surface area contributed by atoms with Gasteiger partial charge in [-0.15, -0.1) is 0 Å². The third-order valence-electron chi connectivity index (χ3n) is 3.28. The molecule has 15 heavy (non-hydrogen) atoms. The average Bonchev–Trinajstić information content (AvgIpc) is 2.76. The van der Waals surface area contributed by atoms with Gasteiger partial charge >= 0.3 is 0 Å². The van der Waals surface area contributed by atoms with Crippen LogP contribution >= 0.6 is 0 Å². The van der Waals surface area contributed by atoms with Crippen molar-refractivity contribution in [1.82, 2.24) is 5.32 Å². The normalized spacial score (nSPS) is 34.4. The third kappa shape index (κ3) is 2.49. The highest BCUT2D eigenvalue weighted by molar-refractivity contribution is 5.78. The minimum Gasteiger partial charge on any atom is -0.353 e. The summed E-state index contributed by atoms with van der Waals surface area (Å²) in [6, 6.07) is 0.292. The first-order valence-electron chi connectivity index (χ1n) is 5.69. The summed E-state index contributed by atoms with van der Waals surface area (Å²) >= 11 is 0. The van der Waals surface area contributed by atoms with Crippen molar-refractivity contribution in [1.29, 1.82) is 0 Å². The van der Waals surface area contributed by atoms with Crippen molar-refractivity contribution in [3.8, 4) is 0 Å². The van der Waals surface area contributed by atoms with Crippen LogP contribution in [0.2, 0.25) is 0 Å². The SMILES string of the molecule is CC1CC(=O)NC1CC(C)C1OCCO1. The van der Waals surface area contributed by atoms with Crippen LogP contribution in [0.5, 0.6) is 0 Å². The molecule has 2 saturated heterocycles. The van der Waals surface area contributed by atoms with Crippen LogP contribution in [0, 0.1) is 11.8 Å².